The molecule has 146 valence electrons. The molecule has 0 aliphatic rings. The van der Waals surface area contributed by atoms with Crippen LogP contribution in [-0.2, 0) is 10.0 Å². The van der Waals surface area contributed by atoms with E-state index in [0.717, 1.165) is 12.1 Å². The molecule has 2 atom stereocenters. The quantitative estimate of drug-likeness (QED) is 0.585. The van der Waals surface area contributed by atoms with Gasteiger partial charge in [-0.1, -0.05) is 85.8 Å². The highest BCUT2D eigenvalue weighted by molar-refractivity contribution is 7.89. The third kappa shape index (κ3) is 5.52. The fourth-order valence-electron chi connectivity index (χ4n) is 3.22. The maximum absolute atomic E-state index is 12.8. The first kappa shape index (κ1) is 20.3. The summed E-state index contributed by atoms with van der Waals surface area (Å²) in [7, 11) is -3.58. The molecule has 5 heteroatoms. The van der Waals surface area contributed by atoms with Crippen LogP contribution < -0.4 is 10.0 Å². The predicted molar refractivity (Wildman–Crippen MR) is 112 cm³/mol. The predicted octanol–water partition coefficient (Wildman–Crippen LogP) is 3.07. The lowest BCUT2D eigenvalue weighted by atomic mass is 10.0. The van der Waals surface area contributed by atoms with Crippen molar-refractivity contribution in [2.24, 2.45) is 0 Å². The second kappa shape index (κ2) is 9.64. The molecule has 0 radical (unpaired) electrons. The molecule has 0 heterocycles. The Labute approximate surface area is 167 Å². The van der Waals surface area contributed by atoms with Crippen molar-refractivity contribution in [2.75, 3.05) is 13.1 Å². The van der Waals surface area contributed by atoms with Gasteiger partial charge in [-0.2, -0.15) is 4.72 Å². The Morgan fingerprint density at radius 3 is 1.82 bits per heavy atom. The van der Waals surface area contributed by atoms with Gasteiger partial charge in [0.1, 0.15) is 0 Å². The summed E-state index contributed by atoms with van der Waals surface area (Å²) < 4.78 is 28.5. The first-order valence-corrected chi connectivity index (χ1v) is 11.0. The van der Waals surface area contributed by atoms with Crippen molar-refractivity contribution in [3.05, 3.63) is 102 Å². The monoisotopic (exact) mass is 395 g/mol. The summed E-state index contributed by atoms with van der Waals surface area (Å²) in [4.78, 5) is 0.286. The molecule has 0 saturated heterocycles. The van der Waals surface area contributed by atoms with Crippen LogP contribution in [0.1, 0.15) is 30.0 Å². The minimum atomic E-state index is -3.58. The molecule has 0 bridgehead atoms. The van der Waals surface area contributed by atoms with Crippen molar-refractivity contribution in [1.29, 1.82) is 0 Å². The molecule has 28 heavy (non-hydrogen) atoms. The number of benzene rings is 3. The van der Waals surface area contributed by atoms with Gasteiger partial charge >= 0.3 is 0 Å². The fourth-order valence-corrected chi connectivity index (χ4v) is 4.48. The van der Waals surface area contributed by atoms with E-state index in [-0.39, 0.29) is 10.9 Å². The van der Waals surface area contributed by atoms with Gasteiger partial charge < -0.3 is 5.32 Å². The summed E-state index contributed by atoms with van der Waals surface area (Å²) in [6, 6.07) is 28.3. The fraction of sp³-hybridized carbons (Fsp3) is 0.217. The molecule has 4 nitrogen and oxygen atoms in total. The molecule has 0 fully saturated rings. The van der Waals surface area contributed by atoms with Crippen LogP contribution in [0.2, 0.25) is 0 Å². The average Bonchev–Trinajstić information content (AvgIpc) is 2.75. The van der Waals surface area contributed by atoms with Gasteiger partial charge in [-0.25, -0.2) is 8.42 Å². The Morgan fingerprint density at radius 1 is 0.750 bits per heavy atom. The summed E-state index contributed by atoms with van der Waals surface area (Å²) >= 11 is 0. The second-order valence-corrected chi connectivity index (χ2v) is 8.68. The van der Waals surface area contributed by atoms with Crippen molar-refractivity contribution in [3.63, 3.8) is 0 Å². The van der Waals surface area contributed by atoms with E-state index in [9.17, 15) is 8.42 Å². The normalized spacial score (nSPS) is 13.8. The highest BCUT2D eigenvalue weighted by Gasteiger charge is 2.23. The van der Waals surface area contributed by atoms with Gasteiger partial charge in [0.15, 0.2) is 0 Å². The van der Waals surface area contributed by atoms with Gasteiger partial charge in [-0.3, -0.25) is 0 Å². The highest BCUT2D eigenvalue weighted by atomic mass is 32.2. The van der Waals surface area contributed by atoms with E-state index in [0.29, 0.717) is 12.5 Å². The Bertz CT molecular complexity index is 946. The molecule has 0 aliphatic heterocycles. The zero-order valence-electron chi connectivity index (χ0n) is 16.0. The number of hydrogen-bond acceptors (Lipinski definition) is 2. The molecule has 3 aromatic carbocycles. The zero-order valence-corrected chi connectivity index (χ0v) is 16.8. The van der Waals surface area contributed by atoms with E-state index < -0.39 is 10.0 Å². The molecule has 0 aromatic heterocycles. The van der Waals surface area contributed by atoms with Gasteiger partial charge in [-0.05, 0) is 23.3 Å². The van der Waals surface area contributed by atoms with Crippen LogP contribution in [-0.4, -0.2) is 21.5 Å². The van der Waals surface area contributed by atoms with Gasteiger partial charge in [0.2, 0.25) is 10.0 Å². The topological polar surface area (TPSA) is 62.8 Å². The molecule has 3 aromatic rings. The minimum absolute atomic E-state index is 0.286. The Balaban J connectivity index is 1.70. The first-order chi connectivity index (χ1) is 13.6. The first-order valence-electron chi connectivity index (χ1n) is 9.55. The number of sulfonamides is 1. The molecular weight excluding hydrogens is 368 g/mol. The Hall–Kier alpha value is -2.47. The van der Waals surface area contributed by atoms with Gasteiger partial charge in [0.05, 0.1) is 24.0 Å². The van der Waals surface area contributed by atoms with Crippen LogP contribution >= 0.6 is 0 Å². The summed E-state index contributed by atoms with van der Waals surface area (Å²) in [6.45, 7) is 3.71. The lowest BCUT2D eigenvalue weighted by Gasteiger charge is -2.19. The lowest BCUT2D eigenvalue weighted by Crippen LogP contribution is -2.86. The van der Waals surface area contributed by atoms with E-state index in [1.165, 1.54) is 5.56 Å². The number of hydrogen-bond donors (Lipinski definition) is 2. The van der Waals surface area contributed by atoms with Crippen LogP contribution in [0.5, 0.6) is 0 Å². The van der Waals surface area contributed by atoms with Gasteiger partial charge in [-0.15, -0.1) is 0 Å². The van der Waals surface area contributed by atoms with Crippen molar-refractivity contribution in [3.8, 4) is 0 Å². The highest BCUT2D eigenvalue weighted by Crippen LogP contribution is 2.16. The Morgan fingerprint density at radius 2 is 1.25 bits per heavy atom. The smallest absolute Gasteiger partial charge is 0.241 e. The van der Waals surface area contributed by atoms with Crippen molar-refractivity contribution in [2.45, 2.75) is 23.8 Å². The maximum Gasteiger partial charge on any atom is 0.241 e. The molecule has 0 unspecified atom stereocenters. The van der Waals surface area contributed by atoms with E-state index >= 15 is 0 Å². The molecule has 3 rings (SSSR count). The van der Waals surface area contributed by atoms with Gasteiger partial charge in [0, 0.05) is 5.92 Å². The third-order valence-corrected chi connectivity index (χ3v) is 6.33. The molecule has 0 spiro atoms. The van der Waals surface area contributed by atoms with Crippen LogP contribution in [0.4, 0.5) is 0 Å². The summed E-state index contributed by atoms with van der Waals surface area (Å²) in [5.74, 6) is 0.392. The van der Waals surface area contributed by atoms with Crippen LogP contribution in [0, 0.1) is 0 Å². The van der Waals surface area contributed by atoms with Gasteiger partial charge in [0.25, 0.3) is 0 Å². The van der Waals surface area contributed by atoms with Crippen LogP contribution in [0.3, 0.4) is 0 Å². The summed E-state index contributed by atoms with van der Waals surface area (Å²) in [5, 5.41) is 2.18. The maximum atomic E-state index is 12.8. The number of rotatable bonds is 9. The SMILES string of the molecule is C[C@@H](C[NH2+]C[C@H](NS(=O)(=O)c1ccccc1)c1ccccc1)c1ccccc1. The van der Waals surface area contributed by atoms with Crippen molar-refractivity contribution in [1.82, 2.24) is 4.72 Å². The zero-order chi connectivity index (χ0) is 19.8. The molecule has 3 N–H and O–H groups in total. The van der Waals surface area contributed by atoms with E-state index in [4.69, 9.17) is 0 Å². The van der Waals surface area contributed by atoms with Crippen LogP contribution in [0.25, 0.3) is 0 Å². The van der Waals surface area contributed by atoms with E-state index in [1.807, 2.05) is 54.6 Å². The Kier molecular flexibility index (Phi) is 6.98. The lowest BCUT2D eigenvalue weighted by molar-refractivity contribution is -0.659. The van der Waals surface area contributed by atoms with Crippen molar-refractivity contribution >= 4 is 10.0 Å². The molecule has 0 amide bonds. The van der Waals surface area contributed by atoms with Crippen molar-refractivity contribution < 1.29 is 13.7 Å². The molecular formula is C23H27N2O2S+. The third-order valence-electron chi connectivity index (χ3n) is 4.84. The molecule has 0 saturated carbocycles. The molecule has 0 aliphatic carbocycles. The number of nitrogens with one attached hydrogen (secondary N) is 1. The number of quaternary nitrogens is 1. The largest absolute Gasteiger partial charge is 0.344 e. The minimum Gasteiger partial charge on any atom is -0.344 e. The standard InChI is InChI=1S/C23H26N2O2S/c1-19(20-11-5-2-6-12-20)17-24-18-23(21-13-7-3-8-14-21)25-28(26,27)22-15-9-4-10-16-22/h2-16,19,23-25H,17-18H2,1H3/p+1/t19-,23-/m0/s1. The number of nitrogens with two attached hydrogens (primary N) is 1. The summed E-state index contributed by atoms with van der Waals surface area (Å²) in [6.07, 6.45) is 0. The average molecular weight is 396 g/mol. The van der Waals surface area contributed by atoms with E-state index in [2.05, 4.69) is 29.1 Å². The van der Waals surface area contributed by atoms with Crippen LogP contribution in [0.15, 0.2) is 95.9 Å². The van der Waals surface area contributed by atoms with E-state index in [1.54, 1.807) is 24.3 Å². The second-order valence-electron chi connectivity index (χ2n) is 6.97. The summed E-state index contributed by atoms with van der Waals surface area (Å²) in [5.41, 5.74) is 2.26.